The molecule has 1 aromatic heterocycles. The molecular weight excluding hydrogens is 526 g/mol. The van der Waals surface area contributed by atoms with Crippen molar-refractivity contribution in [1.29, 1.82) is 0 Å². The number of nitrogens with zero attached hydrogens (tertiary/aromatic N) is 4. The number of urea groups is 1. The molecule has 12 heteroatoms. The van der Waals surface area contributed by atoms with Crippen molar-refractivity contribution in [3.8, 4) is 5.75 Å². The first-order chi connectivity index (χ1) is 18.7. The van der Waals surface area contributed by atoms with Crippen LogP contribution in [0.25, 0.3) is 0 Å². The van der Waals surface area contributed by atoms with E-state index in [0.29, 0.717) is 29.4 Å². The Morgan fingerprint density at radius 1 is 1.23 bits per heavy atom. The van der Waals surface area contributed by atoms with Gasteiger partial charge in [0.15, 0.2) is 0 Å². The number of nitrogens with one attached hydrogen (secondary N) is 1. The molecule has 2 aliphatic rings. The molecule has 2 unspecified atom stereocenters. The number of halogens is 1. The zero-order chi connectivity index (χ0) is 27.7. The largest absolute Gasteiger partial charge is 0.490 e. The number of amides is 3. The molecule has 5 rings (SSSR count). The molecular formula is C27H26ClN5O6. The third kappa shape index (κ3) is 5.30. The summed E-state index contributed by atoms with van der Waals surface area (Å²) in [5.74, 6) is 0.673. The second kappa shape index (κ2) is 10.8. The summed E-state index contributed by atoms with van der Waals surface area (Å²) in [4.78, 5) is 45.3. The lowest BCUT2D eigenvalue weighted by atomic mass is 9.98. The van der Waals surface area contributed by atoms with Gasteiger partial charge in [-0.1, -0.05) is 23.7 Å². The Labute approximate surface area is 229 Å². The molecule has 1 saturated heterocycles. The number of ether oxygens (including phenoxy) is 1. The molecule has 11 nitrogen and oxygen atoms in total. The smallest absolute Gasteiger partial charge is 0.326 e. The van der Waals surface area contributed by atoms with Gasteiger partial charge in [-0.15, -0.1) is 0 Å². The Kier molecular flexibility index (Phi) is 7.25. The summed E-state index contributed by atoms with van der Waals surface area (Å²) in [6.45, 7) is 4.11. The van der Waals surface area contributed by atoms with Gasteiger partial charge < -0.3 is 19.4 Å². The third-order valence-electron chi connectivity index (χ3n) is 6.41. The fraction of sp³-hybridized carbons (Fsp3) is 0.296. The number of nitro groups is 1. The van der Waals surface area contributed by atoms with E-state index in [1.807, 2.05) is 12.1 Å². The van der Waals surface area contributed by atoms with Crippen molar-refractivity contribution in [2.75, 3.05) is 19.6 Å². The third-order valence-corrected chi connectivity index (χ3v) is 6.66. The lowest BCUT2D eigenvalue weighted by Crippen LogP contribution is -2.55. The zero-order valence-electron chi connectivity index (χ0n) is 21.2. The molecule has 2 atom stereocenters. The number of nitro benzene ring substituents is 1. The molecule has 0 aliphatic carbocycles. The predicted molar refractivity (Wildman–Crippen MR) is 143 cm³/mol. The van der Waals surface area contributed by atoms with Crippen LogP contribution in [0.3, 0.4) is 0 Å². The molecule has 1 fully saturated rings. The van der Waals surface area contributed by atoms with Crippen LogP contribution in [0.2, 0.25) is 5.02 Å². The topological polar surface area (TPSA) is 131 Å². The molecule has 1 N–H and O–H groups in total. The highest BCUT2D eigenvalue weighted by Crippen LogP contribution is 2.45. The SMILES string of the molecule is CC(C)Oc1cc([N+](=O)[O-])ccc1C1=NC(c2ccc(Cl)cc2)C(c2ccco2)N1C(=O)N1CCNC(=O)C1. The van der Waals surface area contributed by atoms with Gasteiger partial charge in [-0.3, -0.25) is 24.8 Å². The Morgan fingerprint density at radius 3 is 2.64 bits per heavy atom. The molecule has 2 aliphatic heterocycles. The number of aliphatic imine (C=N–C) groups is 1. The van der Waals surface area contributed by atoms with Crippen molar-refractivity contribution >= 4 is 35.1 Å². The van der Waals surface area contributed by atoms with Crippen LogP contribution in [-0.2, 0) is 4.79 Å². The Hall–Kier alpha value is -4.38. The minimum absolute atomic E-state index is 0.116. The van der Waals surface area contributed by atoms with E-state index in [2.05, 4.69) is 5.32 Å². The molecule has 39 heavy (non-hydrogen) atoms. The van der Waals surface area contributed by atoms with Gasteiger partial charge in [-0.2, -0.15) is 0 Å². The molecule has 2 aromatic carbocycles. The van der Waals surface area contributed by atoms with E-state index >= 15 is 0 Å². The standard InChI is InChI=1S/C27H26ClN5O6/c1-16(2)39-22-14-19(33(36)37)9-10-20(22)26-30-24(17-5-7-18(28)8-6-17)25(21-4-3-13-38-21)32(26)27(35)31-12-11-29-23(34)15-31/h3-10,13-14,16,24-25H,11-12,15H2,1-2H3,(H,29,34). The lowest BCUT2D eigenvalue weighted by molar-refractivity contribution is -0.384. The summed E-state index contributed by atoms with van der Waals surface area (Å²) in [7, 11) is 0. The van der Waals surface area contributed by atoms with Gasteiger partial charge in [0.25, 0.3) is 5.69 Å². The van der Waals surface area contributed by atoms with Gasteiger partial charge in [0, 0.05) is 24.2 Å². The van der Waals surface area contributed by atoms with Crippen molar-refractivity contribution in [3.63, 3.8) is 0 Å². The fourth-order valence-electron chi connectivity index (χ4n) is 4.72. The van der Waals surface area contributed by atoms with E-state index in [0.717, 1.165) is 5.56 Å². The molecule has 3 amide bonds. The number of amidine groups is 1. The van der Waals surface area contributed by atoms with Crippen LogP contribution in [0.5, 0.6) is 5.75 Å². The van der Waals surface area contributed by atoms with Crippen molar-refractivity contribution in [2.45, 2.75) is 32.0 Å². The first-order valence-corrected chi connectivity index (χ1v) is 12.8. The molecule has 0 radical (unpaired) electrons. The van der Waals surface area contributed by atoms with Crippen molar-refractivity contribution in [3.05, 3.63) is 92.9 Å². The summed E-state index contributed by atoms with van der Waals surface area (Å²) in [6, 6.07) is 13.1. The molecule has 0 spiro atoms. The van der Waals surface area contributed by atoms with Crippen LogP contribution in [0.1, 0.15) is 42.8 Å². The number of piperazine rings is 1. The van der Waals surface area contributed by atoms with Gasteiger partial charge in [-0.05, 0) is 49.7 Å². The van der Waals surface area contributed by atoms with Gasteiger partial charge in [0.2, 0.25) is 5.91 Å². The summed E-state index contributed by atoms with van der Waals surface area (Å²) in [5.41, 5.74) is 1.02. The minimum Gasteiger partial charge on any atom is -0.490 e. The first kappa shape index (κ1) is 26.2. The summed E-state index contributed by atoms with van der Waals surface area (Å²) < 4.78 is 11.8. The number of hydrogen-bond donors (Lipinski definition) is 1. The van der Waals surface area contributed by atoms with Crippen LogP contribution < -0.4 is 10.1 Å². The molecule has 0 saturated carbocycles. The van der Waals surface area contributed by atoms with Crippen molar-refractivity contribution < 1.29 is 23.7 Å². The highest BCUT2D eigenvalue weighted by molar-refractivity contribution is 6.30. The first-order valence-electron chi connectivity index (χ1n) is 12.4. The highest BCUT2D eigenvalue weighted by Gasteiger charge is 2.46. The molecule has 3 heterocycles. The van der Waals surface area contributed by atoms with Gasteiger partial charge >= 0.3 is 6.03 Å². The fourth-order valence-corrected chi connectivity index (χ4v) is 4.85. The molecule has 202 valence electrons. The summed E-state index contributed by atoms with van der Waals surface area (Å²) >= 11 is 6.15. The van der Waals surface area contributed by atoms with Crippen LogP contribution in [0.4, 0.5) is 10.5 Å². The van der Waals surface area contributed by atoms with Crippen molar-refractivity contribution in [2.24, 2.45) is 4.99 Å². The molecule has 3 aromatic rings. The average Bonchev–Trinajstić information content (AvgIpc) is 3.56. The van der Waals surface area contributed by atoms with Crippen LogP contribution in [0, 0.1) is 10.1 Å². The molecule has 0 bridgehead atoms. The van der Waals surface area contributed by atoms with E-state index in [9.17, 15) is 19.7 Å². The Balaban J connectivity index is 1.70. The number of non-ortho nitro benzene ring substituents is 1. The van der Waals surface area contributed by atoms with Crippen LogP contribution >= 0.6 is 11.6 Å². The Morgan fingerprint density at radius 2 is 2.00 bits per heavy atom. The monoisotopic (exact) mass is 551 g/mol. The maximum Gasteiger partial charge on any atom is 0.326 e. The predicted octanol–water partition coefficient (Wildman–Crippen LogP) is 4.73. The van der Waals surface area contributed by atoms with E-state index < -0.39 is 23.0 Å². The van der Waals surface area contributed by atoms with E-state index in [4.69, 9.17) is 25.7 Å². The number of carbonyl (C=O) groups excluding carboxylic acids is 2. The second-order valence-electron chi connectivity index (χ2n) is 9.44. The number of rotatable bonds is 6. The quantitative estimate of drug-likeness (QED) is 0.348. The normalized spacial score (nSPS) is 19.2. The lowest BCUT2D eigenvalue weighted by Gasteiger charge is -2.34. The van der Waals surface area contributed by atoms with Gasteiger partial charge in [0.1, 0.15) is 36.0 Å². The van der Waals surface area contributed by atoms with E-state index in [1.54, 1.807) is 38.1 Å². The number of furan rings is 1. The maximum atomic E-state index is 14.2. The van der Waals surface area contributed by atoms with Crippen LogP contribution in [-0.4, -0.2) is 58.2 Å². The maximum absolute atomic E-state index is 14.2. The Bertz CT molecular complexity index is 1420. The summed E-state index contributed by atoms with van der Waals surface area (Å²) in [6.07, 6.45) is 1.21. The van der Waals surface area contributed by atoms with Crippen LogP contribution in [0.15, 0.2) is 70.3 Å². The van der Waals surface area contributed by atoms with Gasteiger partial charge in [-0.25, -0.2) is 4.79 Å². The summed E-state index contributed by atoms with van der Waals surface area (Å²) in [5, 5.41) is 14.8. The minimum atomic E-state index is -0.712. The highest BCUT2D eigenvalue weighted by atomic mass is 35.5. The van der Waals surface area contributed by atoms with E-state index in [-0.39, 0.29) is 35.8 Å². The van der Waals surface area contributed by atoms with Gasteiger partial charge in [0.05, 0.1) is 28.9 Å². The number of hydrogen-bond acceptors (Lipinski definition) is 7. The zero-order valence-corrected chi connectivity index (χ0v) is 22.0. The second-order valence-corrected chi connectivity index (χ2v) is 9.87. The van der Waals surface area contributed by atoms with E-state index in [1.165, 1.54) is 34.3 Å². The number of carbonyl (C=O) groups is 2. The average molecular weight is 552 g/mol. The van der Waals surface area contributed by atoms with Crippen molar-refractivity contribution in [1.82, 2.24) is 15.1 Å². The number of benzene rings is 2.